The smallest absolute Gasteiger partial charge is 0.330 e. The average molecular weight is 1470 g/mol. The Morgan fingerprint density at radius 1 is 0.716 bits per heavy atom. The number of rotatable bonds is 13. The Labute approximate surface area is 590 Å². The summed E-state index contributed by atoms with van der Waals surface area (Å²) in [7, 11) is 1.47. The molecule has 7 heterocycles. The van der Waals surface area contributed by atoms with Crippen LogP contribution in [0.2, 0.25) is 10.0 Å². The van der Waals surface area contributed by atoms with E-state index in [9.17, 15) is 75.0 Å². The number of aliphatic hydroxyl groups excluding tert-OH is 6. The molecule has 7 aliphatic rings. The van der Waals surface area contributed by atoms with E-state index < -0.39 is 237 Å². The number of phenolic OH excluding ortho intramolecular Hbond substituents is 3. The van der Waals surface area contributed by atoms with Gasteiger partial charge in [0.05, 0.1) is 41.3 Å². The third-order valence-corrected chi connectivity index (χ3v) is 18.4. The molecule has 18 atom stereocenters. The first-order valence-corrected chi connectivity index (χ1v) is 32.4. The number of fused-ring (bicyclic) bond motifs is 15. The van der Waals surface area contributed by atoms with Gasteiger partial charge in [-0.3, -0.25) is 33.6 Å². The second-order valence-electron chi connectivity index (χ2n) is 25.7. The Morgan fingerprint density at radius 3 is 1.89 bits per heavy atom. The Bertz CT molecular complexity index is 4080. The Morgan fingerprint density at radius 2 is 1.31 bits per heavy atom. The number of carbonyl (C=O) groups is 8. The fraction of sp³-hybridized carbons (Fsp3) is 0.424. The second-order valence-corrected chi connectivity index (χ2v) is 26.5. The first-order valence-electron chi connectivity index (χ1n) is 31.6. The van der Waals surface area contributed by atoms with Crippen molar-refractivity contribution in [3.63, 3.8) is 0 Å². The van der Waals surface area contributed by atoms with Gasteiger partial charge >= 0.3 is 5.97 Å². The molecule has 0 radical (unpaired) electrons. The molecule has 5 aromatic rings. The molecule has 11 bridgehead atoms. The highest BCUT2D eigenvalue weighted by Crippen LogP contribution is 2.50. The summed E-state index contributed by atoms with van der Waals surface area (Å²) in [4.78, 5) is 117. The van der Waals surface area contributed by atoms with Gasteiger partial charge in [0, 0.05) is 34.7 Å². The second kappa shape index (κ2) is 31.2. The SMILES string of the molecule is CN[C@H](CC(C)C)C(=O)N[C@H]1C(=O)N[C@@H](CC(N)=O)C(=O)N[C@H]2C(=O)N[C@H]3C(=O)N[C@H](C(=O)N[C@@H](C(=O)O)c4cc(O)cc(O)c4-c4cc3ccc4O)[C@H](O)c3ccc(c(Cl)c3)Oc3cc2cc(c3O[C@@H]2O[C@H](CO)[C@@H](O)[C@H](O)[C@H]2O[C@H]2C[C@](C)(N)C(O)[C@H](C)O2)Oc2ccc(cc2Cl)[C@H]1O.N. The number of carbonyl (C=O) groups excluding carboxylic acids is 7. The molecule has 2 fully saturated rings. The van der Waals surface area contributed by atoms with Crippen molar-refractivity contribution in [2.75, 3.05) is 13.7 Å². The predicted molar refractivity (Wildman–Crippen MR) is 354 cm³/mol. The van der Waals surface area contributed by atoms with Crippen molar-refractivity contribution in [2.45, 2.75) is 156 Å². The quantitative estimate of drug-likeness (QED) is 0.0752. The maximum Gasteiger partial charge on any atom is 0.330 e. The van der Waals surface area contributed by atoms with E-state index in [-0.39, 0.29) is 52.4 Å². The summed E-state index contributed by atoms with van der Waals surface area (Å²) in [6, 6.07) is -0.679. The summed E-state index contributed by atoms with van der Waals surface area (Å²) in [6.07, 6.45) is -18.6. The van der Waals surface area contributed by atoms with E-state index in [4.69, 9.17) is 63.1 Å². The lowest BCUT2D eigenvalue weighted by Gasteiger charge is -2.47. The van der Waals surface area contributed by atoms with Gasteiger partial charge in [-0.1, -0.05) is 55.2 Å². The molecule has 2 saturated heterocycles. The van der Waals surface area contributed by atoms with Crippen molar-refractivity contribution in [2.24, 2.45) is 17.4 Å². The van der Waals surface area contributed by atoms with Gasteiger partial charge in [-0.15, -0.1) is 0 Å². The summed E-state index contributed by atoms with van der Waals surface area (Å²) in [5, 5.41) is 131. The average Bonchev–Trinajstić information content (AvgIpc) is 0.773. The minimum Gasteiger partial charge on any atom is -0.508 e. The Balaban J connectivity index is 0.0000121. The fourth-order valence-electron chi connectivity index (χ4n) is 12.5. The van der Waals surface area contributed by atoms with Gasteiger partial charge in [0.15, 0.2) is 29.9 Å². The molecule has 7 amide bonds. The maximum atomic E-state index is 16.0. The zero-order chi connectivity index (χ0) is 73.5. The van der Waals surface area contributed by atoms with Crippen LogP contribution in [0.1, 0.15) is 105 Å². The largest absolute Gasteiger partial charge is 0.508 e. The molecule has 0 aromatic heterocycles. The zero-order valence-corrected chi connectivity index (χ0v) is 56.5. The van der Waals surface area contributed by atoms with E-state index >= 15 is 14.4 Å². The van der Waals surface area contributed by atoms with Crippen LogP contribution in [0.4, 0.5) is 0 Å². The lowest BCUT2D eigenvalue weighted by atomic mass is 9.86. The first kappa shape index (κ1) is 76.9. The Kier molecular flexibility index (Phi) is 23.5. The minimum atomic E-state index is -2.35. The third kappa shape index (κ3) is 16.2. The molecule has 24 N–H and O–H groups in total. The fourth-order valence-corrected chi connectivity index (χ4v) is 12.9. The van der Waals surface area contributed by atoms with Gasteiger partial charge in [-0.05, 0) is 110 Å². The highest BCUT2D eigenvalue weighted by atomic mass is 35.5. The number of carboxylic acid groups (broad SMARTS) is 1. The van der Waals surface area contributed by atoms with Crippen LogP contribution >= 0.6 is 23.2 Å². The van der Waals surface area contributed by atoms with Gasteiger partial charge < -0.3 is 134 Å². The summed E-state index contributed by atoms with van der Waals surface area (Å²) in [5.41, 5.74) is 8.00. The number of nitrogens with two attached hydrogens (primary N) is 2. The van der Waals surface area contributed by atoms with Gasteiger partial charge in [0.1, 0.15) is 89.5 Å². The van der Waals surface area contributed by atoms with Gasteiger partial charge in [0.2, 0.25) is 53.4 Å². The van der Waals surface area contributed by atoms with Crippen molar-refractivity contribution < 1.29 is 118 Å². The van der Waals surface area contributed by atoms with Crippen molar-refractivity contribution >= 4 is 70.5 Å². The molecule has 12 rings (SSSR count). The number of hydrogen-bond donors (Lipinski definition) is 20. The zero-order valence-electron chi connectivity index (χ0n) is 55.0. The van der Waals surface area contributed by atoms with Gasteiger partial charge in [-0.25, -0.2) is 4.79 Å². The van der Waals surface area contributed by atoms with E-state index in [1.54, 1.807) is 0 Å². The summed E-state index contributed by atoms with van der Waals surface area (Å²) in [5.74, 6) is -16.0. The maximum absolute atomic E-state index is 16.0. The van der Waals surface area contributed by atoms with Crippen LogP contribution in [0.25, 0.3) is 11.1 Å². The van der Waals surface area contributed by atoms with Crippen LogP contribution in [-0.4, -0.2) is 191 Å². The van der Waals surface area contributed by atoms with E-state index in [1.807, 2.05) is 13.8 Å². The highest BCUT2D eigenvalue weighted by Gasteiger charge is 2.51. The minimum absolute atomic E-state index is 0. The van der Waals surface area contributed by atoms with E-state index in [2.05, 4.69) is 37.2 Å². The van der Waals surface area contributed by atoms with Gasteiger partial charge in [0.25, 0.3) is 0 Å². The lowest BCUT2D eigenvalue weighted by Crippen LogP contribution is -2.64. The molecule has 5 aromatic carbocycles. The number of nitrogens with one attached hydrogen (secondary N) is 7. The number of likely N-dealkylation sites (N-methyl/N-ethyl adjacent to an activating group) is 1. The van der Waals surface area contributed by atoms with Crippen molar-refractivity contribution in [3.05, 3.63) is 117 Å². The van der Waals surface area contributed by atoms with Crippen LogP contribution < -0.4 is 69.0 Å². The number of benzene rings is 5. The van der Waals surface area contributed by atoms with Crippen LogP contribution in [0.3, 0.4) is 0 Å². The molecule has 1 unspecified atom stereocenters. The highest BCUT2D eigenvalue weighted by molar-refractivity contribution is 6.32. The third-order valence-electron chi connectivity index (χ3n) is 17.8. The predicted octanol–water partition coefficient (Wildman–Crippen LogP) is 0.268. The van der Waals surface area contributed by atoms with Crippen molar-refractivity contribution in [3.8, 4) is 57.1 Å². The molecular weight excluding hydrogens is 1390 g/mol. The number of ether oxygens (including phenoxy) is 6. The Hall–Kier alpha value is -9.24. The summed E-state index contributed by atoms with van der Waals surface area (Å²) < 4.78 is 38.3. The molecule has 36 heteroatoms. The molecule has 102 heavy (non-hydrogen) atoms. The van der Waals surface area contributed by atoms with Crippen LogP contribution in [-0.2, 0) is 52.6 Å². The number of aliphatic hydroxyl groups is 6. The molecule has 0 aliphatic carbocycles. The van der Waals surface area contributed by atoms with E-state index in [0.29, 0.717) is 0 Å². The number of aliphatic carboxylic acids is 1. The molecule has 7 aliphatic heterocycles. The molecule has 34 nitrogen and oxygen atoms in total. The molecule has 550 valence electrons. The molecule has 0 spiro atoms. The van der Waals surface area contributed by atoms with Crippen LogP contribution in [0, 0.1) is 5.92 Å². The van der Waals surface area contributed by atoms with Crippen molar-refractivity contribution in [1.29, 1.82) is 0 Å². The number of primary amides is 1. The van der Waals surface area contributed by atoms with E-state index in [1.165, 1.54) is 33.0 Å². The number of hydrogen-bond acceptors (Lipinski definition) is 26. The number of carboxylic acids is 1. The first-order chi connectivity index (χ1) is 47.7. The van der Waals surface area contributed by atoms with Crippen LogP contribution in [0.5, 0.6) is 46.0 Å². The summed E-state index contributed by atoms with van der Waals surface area (Å²) >= 11 is 14.1. The lowest BCUT2D eigenvalue weighted by molar-refractivity contribution is -0.333. The molecule has 0 saturated carbocycles. The van der Waals surface area contributed by atoms with Crippen molar-refractivity contribution in [1.82, 2.24) is 43.4 Å². The number of aromatic hydroxyl groups is 3. The number of phenols is 3. The number of halogens is 2. The standard InChI is InChI=1S/C66H75Cl2N9O24.H3N/c1-23(2)12-34(71-5)58(88)76-49-51(83)26-7-10-38(32(67)14-26)97-40-16-28-17-41(55(40)101-65-56(54(86)53(85)42(22-78)99-65)100-44-21-66(4,70)57(87)24(3)96-44)98-39-11-8-27(15-33(39)68)52(84)50-63(93)75-48(64(94)95)31-18-29(79)19-37(81)45(31)30-13-25(6-9-36(30)80)46(60(90)77-50)74-61(91)47(28)73-59(89)35(20-43(69)82)72-62(49)92;/h6-11,13-19,23-24,34-35,42,44,46-54,56-57,65,71,78-81,83-87H,12,20-22,70H2,1-5H3,(H2,69,82)(H,72,92)(H,73,89)(H,74,91)(H,75,93)(H,76,88)(H,77,90)(H,94,95);1H3/t24-,34+,35-,42+,44-,46+,47+,48+,49+,50-,51+,52+,53+,54-,56+,57?,65-,66-;/m0./s1. The number of amides is 7. The molecular formula is C66H78Cl2N10O24. The van der Waals surface area contributed by atoms with Crippen LogP contribution in [0.15, 0.2) is 78.9 Å². The summed E-state index contributed by atoms with van der Waals surface area (Å²) in [6.45, 7) is 5.66. The van der Waals surface area contributed by atoms with Gasteiger partial charge in [-0.2, -0.15) is 0 Å². The normalized spacial score (nSPS) is 29.1. The topological polar surface area (TPSA) is 565 Å². The van der Waals surface area contributed by atoms with E-state index in [0.717, 1.165) is 66.7 Å². The monoisotopic (exact) mass is 1460 g/mol.